The van der Waals surface area contributed by atoms with Crippen LogP contribution >= 0.6 is 0 Å². The summed E-state index contributed by atoms with van der Waals surface area (Å²) in [5.41, 5.74) is 0. The average Bonchev–Trinajstić information content (AvgIpc) is 2.76. The summed E-state index contributed by atoms with van der Waals surface area (Å²) in [5, 5.41) is 21.3. The lowest BCUT2D eigenvalue weighted by Crippen LogP contribution is -2.39. The van der Waals surface area contributed by atoms with Crippen molar-refractivity contribution < 1.29 is 34.1 Å². The zero-order valence-electron chi connectivity index (χ0n) is 19.8. The van der Waals surface area contributed by atoms with E-state index in [9.17, 15) is 24.6 Å². The van der Waals surface area contributed by atoms with Gasteiger partial charge in [-0.2, -0.15) is 0 Å². The molecule has 0 spiro atoms. The summed E-state index contributed by atoms with van der Waals surface area (Å²) >= 11 is 0. The molecule has 0 rings (SSSR count). The minimum atomic E-state index is -1.10. The summed E-state index contributed by atoms with van der Waals surface area (Å²) in [5.74, 6) is -1.12. The third-order valence-electron chi connectivity index (χ3n) is 5.32. The third kappa shape index (κ3) is 14.9. The van der Waals surface area contributed by atoms with Crippen molar-refractivity contribution in [1.29, 1.82) is 0 Å². The van der Waals surface area contributed by atoms with Crippen LogP contribution in [-0.2, 0) is 23.9 Å². The van der Waals surface area contributed by atoms with Gasteiger partial charge in [0, 0.05) is 25.0 Å². The van der Waals surface area contributed by atoms with Gasteiger partial charge in [0.1, 0.15) is 18.0 Å². The smallest absolute Gasteiger partial charge is 0.330 e. The maximum Gasteiger partial charge on any atom is 0.330 e. The highest BCUT2D eigenvalue weighted by Gasteiger charge is 2.31. The molecule has 0 amide bonds. The number of aliphatic hydroxyl groups is 2. The van der Waals surface area contributed by atoms with Gasteiger partial charge in [0.25, 0.3) is 0 Å². The maximum absolute atomic E-state index is 11.8. The van der Waals surface area contributed by atoms with Gasteiger partial charge in [-0.15, -0.1) is 0 Å². The van der Waals surface area contributed by atoms with Crippen LogP contribution in [0.3, 0.4) is 0 Å². The molecule has 0 heterocycles. The monoisotopic (exact) mass is 454 g/mol. The van der Waals surface area contributed by atoms with E-state index in [1.807, 2.05) is 6.92 Å². The second kappa shape index (κ2) is 18.6. The fourth-order valence-corrected chi connectivity index (χ4v) is 3.44. The minimum absolute atomic E-state index is 0.0550. The normalized spacial score (nSPS) is 14.6. The molecule has 0 aromatic heterocycles. The van der Waals surface area contributed by atoms with Crippen LogP contribution in [0, 0.1) is 0 Å². The average molecular weight is 455 g/mol. The Labute approximate surface area is 192 Å². The van der Waals surface area contributed by atoms with Crippen molar-refractivity contribution in [2.75, 3.05) is 0 Å². The van der Waals surface area contributed by atoms with Crippen LogP contribution in [0.25, 0.3) is 0 Å². The number of rotatable bonds is 20. The summed E-state index contributed by atoms with van der Waals surface area (Å²) < 4.78 is 10.6. The van der Waals surface area contributed by atoms with Crippen molar-refractivity contribution in [3.63, 3.8) is 0 Å². The molecule has 0 fully saturated rings. The van der Waals surface area contributed by atoms with Gasteiger partial charge in [-0.3, -0.25) is 0 Å². The fourth-order valence-electron chi connectivity index (χ4n) is 3.44. The highest BCUT2D eigenvalue weighted by molar-refractivity contribution is 5.81. The van der Waals surface area contributed by atoms with Gasteiger partial charge in [0.05, 0.1) is 12.2 Å². The second-order valence-corrected chi connectivity index (χ2v) is 8.23. The molecule has 4 unspecified atom stereocenters. The van der Waals surface area contributed by atoms with E-state index >= 15 is 0 Å². The molecular formula is C25H42O7. The van der Waals surface area contributed by atoms with E-state index in [-0.39, 0.29) is 12.2 Å². The van der Waals surface area contributed by atoms with Crippen molar-refractivity contribution in [1.82, 2.24) is 0 Å². The van der Waals surface area contributed by atoms with Crippen LogP contribution in [-0.4, -0.2) is 52.4 Å². The van der Waals surface area contributed by atoms with Crippen molar-refractivity contribution >= 4 is 17.7 Å². The number of aliphatic hydroxyl groups excluding tert-OH is 2. The van der Waals surface area contributed by atoms with Crippen LogP contribution in [0.4, 0.5) is 0 Å². The molecule has 0 aliphatic rings. The summed E-state index contributed by atoms with van der Waals surface area (Å²) in [6.45, 7) is 10.4. The van der Waals surface area contributed by atoms with Crippen LogP contribution < -0.4 is 0 Å². The van der Waals surface area contributed by atoms with Crippen molar-refractivity contribution in [3.8, 4) is 0 Å². The molecule has 4 atom stereocenters. The Balaban J connectivity index is 4.84. The van der Waals surface area contributed by atoms with Crippen LogP contribution in [0.2, 0.25) is 0 Å². The topological polar surface area (TPSA) is 110 Å². The molecule has 7 nitrogen and oxygen atoms in total. The predicted octanol–water partition coefficient (Wildman–Crippen LogP) is 4.19. The highest BCUT2D eigenvalue weighted by atomic mass is 16.6. The lowest BCUT2D eigenvalue weighted by Gasteiger charge is -2.29. The Kier molecular flexibility index (Phi) is 17.4. The molecule has 0 aliphatic carbocycles. The quantitative estimate of drug-likeness (QED) is 0.161. The SMILES string of the molecule is C=CC(=O)OC(CCCCC)C(O)CC(OC(=O)C=C)C(O)CCCCCCCC(C)=O. The van der Waals surface area contributed by atoms with E-state index in [0.717, 1.165) is 63.5 Å². The molecule has 0 saturated heterocycles. The number of Topliss-reactive ketones (excluding diaryl/α,β-unsaturated/α-hetero) is 1. The maximum atomic E-state index is 11.8. The molecule has 0 aliphatic heterocycles. The molecule has 0 radical (unpaired) electrons. The minimum Gasteiger partial charge on any atom is -0.456 e. The lowest BCUT2D eigenvalue weighted by atomic mass is 9.96. The Morgan fingerprint density at radius 3 is 1.88 bits per heavy atom. The first-order valence-corrected chi connectivity index (χ1v) is 11.8. The van der Waals surface area contributed by atoms with Crippen molar-refractivity contribution in [2.45, 2.75) is 115 Å². The number of esters is 2. The van der Waals surface area contributed by atoms with E-state index < -0.39 is 36.4 Å². The molecule has 184 valence electrons. The van der Waals surface area contributed by atoms with Gasteiger partial charge in [0.15, 0.2) is 0 Å². The Bertz CT molecular complexity index is 573. The number of carbonyl (C=O) groups is 3. The number of ketones is 1. The van der Waals surface area contributed by atoms with Crippen molar-refractivity contribution in [3.05, 3.63) is 25.3 Å². The fraction of sp³-hybridized carbons (Fsp3) is 0.720. The van der Waals surface area contributed by atoms with Gasteiger partial charge in [-0.05, 0) is 32.6 Å². The van der Waals surface area contributed by atoms with E-state index in [1.165, 1.54) is 0 Å². The molecular weight excluding hydrogens is 412 g/mol. The molecule has 0 bridgehead atoms. The molecule has 0 saturated carbocycles. The summed E-state index contributed by atoms with van der Waals surface area (Å²) in [6.07, 6.45) is 6.76. The first-order chi connectivity index (χ1) is 15.2. The van der Waals surface area contributed by atoms with E-state index in [0.29, 0.717) is 19.3 Å². The van der Waals surface area contributed by atoms with Gasteiger partial charge in [0.2, 0.25) is 0 Å². The third-order valence-corrected chi connectivity index (χ3v) is 5.32. The number of carbonyl (C=O) groups excluding carboxylic acids is 3. The lowest BCUT2D eigenvalue weighted by molar-refractivity contribution is -0.159. The number of ether oxygens (including phenoxy) is 2. The standard InChI is InChI=1S/C25H42O7/c1-5-8-12-17-22(31-24(29)6-2)21(28)18-23(32-25(30)7-3)20(27)16-14-11-9-10-13-15-19(4)26/h6-7,20-23,27-28H,2-3,5,8-18H2,1,4H3. The van der Waals surface area contributed by atoms with Crippen LogP contribution in [0.5, 0.6) is 0 Å². The molecule has 32 heavy (non-hydrogen) atoms. The van der Waals surface area contributed by atoms with Crippen molar-refractivity contribution in [2.24, 2.45) is 0 Å². The van der Waals surface area contributed by atoms with E-state index in [1.54, 1.807) is 6.92 Å². The van der Waals surface area contributed by atoms with Gasteiger partial charge < -0.3 is 24.5 Å². The Hall–Kier alpha value is -1.99. The Morgan fingerprint density at radius 1 is 0.781 bits per heavy atom. The highest BCUT2D eigenvalue weighted by Crippen LogP contribution is 2.21. The Morgan fingerprint density at radius 2 is 1.31 bits per heavy atom. The zero-order valence-corrected chi connectivity index (χ0v) is 19.8. The first kappa shape index (κ1) is 30.0. The summed E-state index contributed by atoms with van der Waals surface area (Å²) in [7, 11) is 0. The van der Waals surface area contributed by atoms with Crippen LogP contribution in [0.15, 0.2) is 25.3 Å². The predicted molar refractivity (Wildman–Crippen MR) is 124 cm³/mol. The number of hydrogen-bond acceptors (Lipinski definition) is 7. The molecule has 0 aromatic rings. The molecule has 0 aromatic carbocycles. The second-order valence-electron chi connectivity index (χ2n) is 8.23. The zero-order chi connectivity index (χ0) is 24.4. The van der Waals surface area contributed by atoms with Gasteiger partial charge in [-0.1, -0.05) is 58.6 Å². The molecule has 2 N–H and O–H groups in total. The van der Waals surface area contributed by atoms with Gasteiger partial charge >= 0.3 is 11.9 Å². The van der Waals surface area contributed by atoms with Gasteiger partial charge in [-0.25, -0.2) is 9.59 Å². The first-order valence-electron chi connectivity index (χ1n) is 11.8. The number of unbranched alkanes of at least 4 members (excludes halogenated alkanes) is 6. The van der Waals surface area contributed by atoms with Crippen LogP contribution in [0.1, 0.15) is 90.9 Å². The van der Waals surface area contributed by atoms with E-state index in [4.69, 9.17) is 9.47 Å². The van der Waals surface area contributed by atoms with E-state index in [2.05, 4.69) is 13.2 Å². The largest absolute Gasteiger partial charge is 0.456 e. The summed E-state index contributed by atoms with van der Waals surface area (Å²) in [4.78, 5) is 34.4. The molecule has 7 heteroatoms. The number of hydrogen-bond donors (Lipinski definition) is 2. The summed E-state index contributed by atoms with van der Waals surface area (Å²) in [6, 6.07) is 0.